The van der Waals surface area contributed by atoms with Gasteiger partial charge in [-0.1, -0.05) is 0 Å². The van der Waals surface area contributed by atoms with Crippen molar-refractivity contribution in [3.63, 3.8) is 0 Å². The molecule has 0 amide bonds. The van der Waals surface area contributed by atoms with Crippen LogP contribution in [-0.4, -0.2) is 74.2 Å². The summed E-state index contributed by atoms with van der Waals surface area (Å²) < 4.78 is 0. The largest absolute Gasteiger partial charge is 0 e. The second kappa shape index (κ2) is 18.4. The van der Waals surface area contributed by atoms with E-state index in [1.54, 1.807) is 0 Å². The van der Waals surface area contributed by atoms with E-state index in [0.29, 0.717) is 0 Å². The van der Waals surface area contributed by atoms with E-state index in [4.69, 9.17) is 0 Å². The summed E-state index contributed by atoms with van der Waals surface area (Å²) in [5, 5.41) is 0. The third-order valence-corrected chi connectivity index (χ3v) is 0. The van der Waals surface area contributed by atoms with Crippen molar-refractivity contribution in [3.05, 3.63) is 0 Å². The second-order valence-electron chi connectivity index (χ2n) is 0. The maximum Gasteiger partial charge on any atom is 0 e. The molecule has 0 fully saturated rings. The molecule has 3 radical (unpaired) electrons. The Morgan fingerprint density at radius 2 is 0.500 bits per heavy atom. The first-order valence-corrected chi connectivity index (χ1v) is 0. The van der Waals surface area contributed by atoms with Crippen molar-refractivity contribution in [1.29, 1.82) is 0 Å². The molecule has 0 spiro atoms. The zero-order chi connectivity index (χ0) is 0. The van der Waals surface area contributed by atoms with E-state index in [-0.39, 0.29) is 74.2 Å². The Morgan fingerprint density at radius 1 is 0.500 bits per heavy atom. The fourth-order valence-corrected chi connectivity index (χ4v) is 0. The van der Waals surface area contributed by atoms with Gasteiger partial charge in [-0.05, 0) is 0 Å². The number of hydrogen-bond donors (Lipinski definition) is 0. The Bertz CT molecular complexity index is 3.25. The van der Waals surface area contributed by atoms with Crippen LogP contribution < -0.4 is 0 Å². The van der Waals surface area contributed by atoms with E-state index in [2.05, 4.69) is 0 Å². The first-order chi connectivity index (χ1) is 0. The fraction of sp³-hybridized carbons (Fsp3) is 0. The molecule has 0 aromatic rings. The minimum atomic E-state index is 0. The Hall–Kier alpha value is 2.34. The monoisotopic (exact) mass is 99.0 g/mol. The Labute approximate surface area is 73.4 Å². The van der Waals surface area contributed by atoms with Crippen molar-refractivity contribution in [2.45, 2.75) is 0 Å². The third kappa shape index (κ3) is 8.84. The van der Waals surface area contributed by atoms with E-state index in [9.17, 15) is 0 Å². The quantitative estimate of drug-likeness (QED) is 0.291. The van der Waals surface area contributed by atoms with Crippen molar-refractivity contribution in [2.75, 3.05) is 0 Å². The van der Waals surface area contributed by atoms with Gasteiger partial charge < -0.3 is 0 Å². The van der Waals surface area contributed by atoms with Crippen LogP contribution in [0.15, 0.2) is 0 Å². The third-order valence-electron chi connectivity index (χ3n) is 0. The molecule has 0 saturated heterocycles. The molecule has 0 aliphatic carbocycles. The van der Waals surface area contributed by atoms with Crippen LogP contribution in [0.3, 0.4) is 0 Å². The molecular weight excluding hydrogens is 93.4 g/mol. The zero-order valence-corrected chi connectivity index (χ0v) is 3.00. The van der Waals surface area contributed by atoms with Crippen LogP contribution in [0.2, 0.25) is 0 Å². The van der Waals surface area contributed by atoms with Crippen LogP contribution in [0.4, 0.5) is 0 Å². The van der Waals surface area contributed by atoms with Crippen LogP contribution in [0, 0.1) is 0 Å². The van der Waals surface area contributed by atoms with Crippen LogP contribution in [0.1, 0.15) is 0 Å². The predicted octanol–water partition coefficient (Wildman–Crippen LogP) is -2.59. The van der Waals surface area contributed by atoms with Gasteiger partial charge in [0.05, 0.1) is 0 Å². The first kappa shape index (κ1) is 33.1. The number of rotatable bonds is 0. The van der Waals surface area contributed by atoms with Crippen molar-refractivity contribution in [1.82, 2.24) is 0 Å². The molecule has 0 unspecified atom stereocenters. The van der Waals surface area contributed by atoms with Gasteiger partial charge in [-0.25, -0.2) is 0 Å². The van der Waals surface area contributed by atoms with E-state index in [0.717, 1.165) is 0 Å². The van der Waals surface area contributed by atoms with E-state index < -0.39 is 0 Å². The molecule has 0 heterocycles. The summed E-state index contributed by atoms with van der Waals surface area (Å²) in [7, 11) is 0. The summed E-state index contributed by atoms with van der Waals surface area (Å²) in [6.45, 7) is 0. The van der Waals surface area contributed by atoms with E-state index >= 15 is 0 Å². The molecule has 11 valence electrons. The minimum Gasteiger partial charge on any atom is 0 e. The van der Waals surface area contributed by atoms with Gasteiger partial charge in [-0.15, -0.1) is 0 Å². The Balaban J connectivity index is 0. The van der Waals surface area contributed by atoms with Crippen LogP contribution >= 0.6 is 0 Å². The molecule has 0 saturated carbocycles. The van der Waals surface area contributed by atoms with Crippen molar-refractivity contribution in [3.8, 4) is 0 Å². The minimum absolute atomic E-state index is 0. The second-order valence-corrected chi connectivity index (χ2v) is 0. The summed E-state index contributed by atoms with van der Waals surface area (Å²) in [5.74, 6) is 0. The molecule has 4 heavy (non-hydrogen) atoms. The zero-order valence-electron chi connectivity index (χ0n) is 3.00. The molecule has 0 atom stereocenters. The smallest absolute Gasteiger partial charge is 0 e. The maximum absolute atomic E-state index is 0. The van der Waals surface area contributed by atoms with Gasteiger partial charge in [0.2, 0.25) is 0 Å². The van der Waals surface area contributed by atoms with Crippen molar-refractivity contribution < 1.29 is 0 Å². The first-order valence-electron chi connectivity index (χ1n) is 0. The van der Waals surface area contributed by atoms with Crippen LogP contribution in [-0.2, 0) is 0 Å². The predicted molar refractivity (Wildman–Crippen MR) is 28.6 cm³/mol. The fourth-order valence-electron chi connectivity index (χ4n) is 0. The van der Waals surface area contributed by atoms with Gasteiger partial charge in [-0.2, -0.15) is 0 Å². The van der Waals surface area contributed by atoms with Gasteiger partial charge in [0.15, 0.2) is 0 Å². The average Bonchev–Trinajstić information content (AvgIpc) is 0. The molecule has 0 nitrogen and oxygen atoms in total. The summed E-state index contributed by atoms with van der Waals surface area (Å²) >= 11 is 0. The van der Waals surface area contributed by atoms with E-state index in [1.165, 1.54) is 0 Å². The van der Waals surface area contributed by atoms with Gasteiger partial charge in [0, 0.05) is 56.6 Å². The molecule has 4 heteroatoms. The Morgan fingerprint density at radius 3 is 0.500 bits per heavy atom. The topological polar surface area (TPSA) is 0 Å². The summed E-state index contributed by atoms with van der Waals surface area (Å²) in [4.78, 5) is 0. The standard InChI is InChI=1S/GeH4.3Li/h1H4;;;. The van der Waals surface area contributed by atoms with Crippen molar-refractivity contribution in [2.24, 2.45) is 0 Å². The van der Waals surface area contributed by atoms with Crippen molar-refractivity contribution >= 4 is 74.2 Å². The van der Waals surface area contributed by atoms with Gasteiger partial charge in [-0.3, -0.25) is 0 Å². The van der Waals surface area contributed by atoms with E-state index in [1.807, 2.05) is 0 Å². The summed E-state index contributed by atoms with van der Waals surface area (Å²) in [6.07, 6.45) is 0. The molecule has 0 aliphatic rings. The molecule has 0 N–H and O–H groups in total. The van der Waals surface area contributed by atoms with Gasteiger partial charge in [0.1, 0.15) is 0 Å². The average molecular weight is 97.5 g/mol. The SMILES string of the molecule is [GeH4].[Li].[Li].[Li]. The molecular formula is H4GeLi3. The summed E-state index contributed by atoms with van der Waals surface area (Å²) in [5.41, 5.74) is 0. The molecule has 0 aliphatic heterocycles. The summed E-state index contributed by atoms with van der Waals surface area (Å²) in [6, 6.07) is 0. The van der Waals surface area contributed by atoms with Crippen LogP contribution in [0.25, 0.3) is 0 Å². The molecule has 0 aromatic heterocycles. The van der Waals surface area contributed by atoms with Crippen LogP contribution in [0.5, 0.6) is 0 Å². The molecule has 0 bridgehead atoms. The Kier molecular flexibility index (Phi) is 152. The van der Waals surface area contributed by atoms with Gasteiger partial charge >= 0.3 is 17.6 Å². The maximum atomic E-state index is 0. The molecule has 0 rings (SSSR count). The molecule has 0 aromatic carbocycles. The number of hydrogen-bond acceptors (Lipinski definition) is 0. The normalized spacial score (nSPS) is 0. The van der Waals surface area contributed by atoms with Gasteiger partial charge in [0.25, 0.3) is 0 Å².